The highest BCUT2D eigenvalue weighted by Gasteiger charge is 2.11. The van der Waals surface area contributed by atoms with Crippen LogP contribution in [0, 0.1) is 13.8 Å². The number of nitrogens with one attached hydrogen (secondary N) is 3. The fourth-order valence-corrected chi connectivity index (χ4v) is 2.10. The van der Waals surface area contributed by atoms with E-state index in [0.717, 1.165) is 11.3 Å². The fourth-order valence-electron chi connectivity index (χ4n) is 2.10. The summed E-state index contributed by atoms with van der Waals surface area (Å²) in [4.78, 5) is 22.8. The lowest BCUT2D eigenvalue weighted by Gasteiger charge is -2.08. The summed E-state index contributed by atoms with van der Waals surface area (Å²) in [5.74, 6) is 0.474. The molecule has 0 aliphatic rings. The van der Waals surface area contributed by atoms with E-state index in [9.17, 15) is 9.59 Å². The third-order valence-corrected chi connectivity index (χ3v) is 3.25. The van der Waals surface area contributed by atoms with Crippen molar-refractivity contribution in [1.82, 2.24) is 10.5 Å². The Kier molecular flexibility index (Phi) is 5.35. The van der Waals surface area contributed by atoms with E-state index in [-0.39, 0.29) is 11.9 Å². The summed E-state index contributed by atoms with van der Waals surface area (Å²) in [7, 11) is 0. The van der Waals surface area contributed by atoms with Crippen LogP contribution in [0.4, 0.5) is 16.2 Å². The number of rotatable bonds is 5. The Balaban J connectivity index is 1.78. The van der Waals surface area contributed by atoms with E-state index in [2.05, 4.69) is 21.1 Å². The van der Waals surface area contributed by atoms with Gasteiger partial charge in [-0.25, -0.2) is 4.79 Å². The van der Waals surface area contributed by atoms with Crippen molar-refractivity contribution in [3.05, 3.63) is 41.3 Å². The van der Waals surface area contributed by atoms with Crippen LogP contribution in [0.3, 0.4) is 0 Å². The molecule has 0 aliphatic heterocycles. The first kappa shape index (κ1) is 16.5. The molecule has 0 spiro atoms. The average molecular weight is 316 g/mol. The SMILES string of the molecule is CC(=O)Nc1ccc(CCNC(=O)Nc2c(C)noc2C)cc1. The van der Waals surface area contributed by atoms with Gasteiger partial charge in [-0.05, 0) is 38.0 Å². The van der Waals surface area contributed by atoms with Crippen molar-refractivity contribution in [3.8, 4) is 0 Å². The number of carbonyl (C=O) groups is 2. The molecule has 0 bridgehead atoms. The molecule has 23 heavy (non-hydrogen) atoms. The molecule has 7 nitrogen and oxygen atoms in total. The van der Waals surface area contributed by atoms with Crippen LogP contribution in [0.2, 0.25) is 0 Å². The molecular weight excluding hydrogens is 296 g/mol. The first-order chi connectivity index (χ1) is 11.0. The van der Waals surface area contributed by atoms with Gasteiger partial charge in [-0.2, -0.15) is 0 Å². The maximum Gasteiger partial charge on any atom is 0.319 e. The fraction of sp³-hybridized carbons (Fsp3) is 0.312. The average Bonchev–Trinajstić information content (AvgIpc) is 2.80. The Hall–Kier alpha value is -2.83. The molecule has 0 unspecified atom stereocenters. The molecule has 2 rings (SSSR count). The third kappa shape index (κ3) is 4.84. The topological polar surface area (TPSA) is 96.3 Å². The second kappa shape index (κ2) is 7.44. The number of hydrogen-bond donors (Lipinski definition) is 3. The van der Waals surface area contributed by atoms with Crippen molar-refractivity contribution in [2.45, 2.75) is 27.2 Å². The van der Waals surface area contributed by atoms with Crippen molar-refractivity contribution in [3.63, 3.8) is 0 Å². The first-order valence-corrected chi connectivity index (χ1v) is 7.30. The van der Waals surface area contributed by atoms with Gasteiger partial charge in [-0.3, -0.25) is 4.79 Å². The molecule has 1 aromatic carbocycles. The molecule has 122 valence electrons. The Labute approximate surface area is 134 Å². The molecule has 0 saturated heterocycles. The Morgan fingerprint density at radius 3 is 2.39 bits per heavy atom. The molecule has 0 aliphatic carbocycles. The molecular formula is C16H20N4O3. The molecule has 0 radical (unpaired) electrons. The van der Waals surface area contributed by atoms with Crippen LogP contribution in [0.25, 0.3) is 0 Å². The van der Waals surface area contributed by atoms with Crippen molar-refractivity contribution in [2.75, 3.05) is 17.2 Å². The lowest BCUT2D eigenvalue weighted by molar-refractivity contribution is -0.114. The number of anilines is 2. The molecule has 0 fully saturated rings. The predicted molar refractivity (Wildman–Crippen MR) is 87.4 cm³/mol. The Morgan fingerprint density at radius 1 is 1.13 bits per heavy atom. The van der Waals surface area contributed by atoms with Gasteiger partial charge < -0.3 is 20.5 Å². The highest BCUT2D eigenvalue weighted by molar-refractivity contribution is 5.90. The Bertz CT molecular complexity index is 672. The van der Waals surface area contributed by atoms with Crippen LogP contribution in [0.1, 0.15) is 23.9 Å². The lowest BCUT2D eigenvalue weighted by atomic mass is 10.1. The zero-order valence-electron chi connectivity index (χ0n) is 13.4. The van der Waals surface area contributed by atoms with Crippen LogP contribution < -0.4 is 16.0 Å². The van der Waals surface area contributed by atoms with Crippen LogP contribution in [0.15, 0.2) is 28.8 Å². The predicted octanol–water partition coefficient (Wildman–Crippen LogP) is 2.61. The van der Waals surface area contributed by atoms with Crippen LogP contribution in [-0.2, 0) is 11.2 Å². The molecule has 3 N–H and O–H groups in total. The molecule has 0 atom stereocenters. The highest BCUT2D eigenvalue weighted by atomic mass is 16.5. The molecule has 1 heterocycles. The Morgan fingerprint density at radius 2 is 1.83 bits per heavy atom. The van der Waals surface area contributed by atoms with Crippen molar-refractivity contribution in [2.24, 2.45) is 0 Å². The van der Waals surface area contributed by atoms with Gasteiger partial charge in [0.1, 0.15) is 11.4 Å². The van der Waals surface area contributed by atoms with Gasteiger partial charge in [0.25, 0.3) is 0 Å². The van der Waals surface area contributed by atoms with Crippen LogP contribution in [-0.4, -0.2) is 23.6 Å². The van der Waals surface area contributed by atoms with E-state index in [1.807, 2.05) is 24.3 Å². The number of urea groups is 1. The monoisotopic (exact) mass is 316 g/mol. The minimum Gasteiger partial charge on any atom is -0.359 e. The zero-order valence-corrected chi connectivity index (χ0v) is 13.4. The van der Waals surface area contributed by atoms with Gasteiger partial charge in [-0.1, -0.05) is 17.3 Å². The normalized spacial score (nSPS) is 10.2. The summed E-state index contributed by atoms with van der Waals surface area (Å²) in [6.45, 7) is 5.47. The minimum atomic E-state index is -0.297. The van der Waals surface area contributed by atoms with Gasteiger partial charge in [0.15, 0.2) is 5.76 Å². The standard InChI is InChI=1S/C16H20N4O3/c1-10-15(11(2)23-20-10)19-16(22)17-9-8-13-4-6-14(7-5-13)18-12(3)21/h4-7H,8-9H2,1-3H3,(H,18,21)(H2,17,19,22). The summed E-state index contributed by atoms with van der Waals surface area (Å²) in [5, 5.41) is 12.0. The van der Waals surface area contributed by atoms with Crippen molar-refractivity contribution < 1.29 is 14.1 Å². The summed E-state index contributed by atoms with van der Waals surface area (Å²) >= 11 is 0. The lowest BCUT2D eigenvalue weighted by Crippen LogP contribution is -2.30. The first-order valence-electron chi connectivity index (χ1n) is 7.30. The smallest absolute Gasteiger partial charge is 0.319 e. The quantitative estimate of drug-likeness (QED) is 0.790. The minimum absolute atomic E-state index is 0.101. The maximum atomic E-state index is 11.8. The number of amides is 3. The summed E-state index contributed by atoms with van der Waals surface area (Å²) in [5.41, 5.74) is 3.07. The zero-order chi connectivity index (χ0) is 16.8. The van der Waals surface area contributed by atoms with E-state index in [1.54, 1.807) is 13.8 Å². The van der Waals surface area contributed by atoms with Crippen molar-refractivity contribution >= 4 is 23.3 Å². The van der Waals surface area contributed by atoms with Gasteiger partial charge in [-0.15, -0.1) is 0 Å². The molecule has 2 aromatic rings. The molecule has 3 amide bonds. The van der Waals surface area contributed by atoms with Gasteiger partial charge in [0.2, 0.25) is 5.91 Å². The second-order valence-corrected chi connectivity index (χ2v) is 5.21. The van der Waals surface area contributed by atoms with Gasteiger partial charge in [0.05, 0.1) is 0 Å². The molecule has 7 heteroatoms. The number of nitrogens with zero attached hydrogens (tertiary/aromatic N) is 1. The van der Waals surface area contributed by atoms with E-state index in [4.69, 9.17) is 4.52 Å². The summed E-state index contributed by atoms with van der Waals surface area (Å²) in [6, 6.07) is 7.20. The summed E-state index contributed by atoms with van der Waals surface area (Å²) < 4.78 is 4.99. The largest absolute Gasteiger partial charge is 0.359 e. The number of carbonyl (C=O) groups excluding carboxylic acids is 2. The van der Waals surface area contributed by atoms with E-state index >= 15 is 0 Å². The number of hydrogen-bond acceptors (Lipinski definition) is 4. The summed E-state index contributed by atoms with van der Waals surface area (Å²) in [6.07, 6.45) is 0.690. The number of aromatic nitrogens is 1. The maximum absolute atomic E-state index is 11.8. The molecule has 0 saturated carbocycles. The highest BCUT2D eigenvalue weighted by Crippen LogP contribution is 2.18. The van der Waals surface area contributed by atoms with Gasteiger partial charge in [0, 0.05) is 19.2 Å². The number of aryl methyl sites for hydroxylation is 2. The van der Waals surface area contributed by atoms with E-state index in [0.29, 0.717) is 30.1 Å². The second-order valence-electron chi connectivity index (χ2n) is 5.21. The third-order valence-electron chi connectivity index (χ3n) is 3.25. The van der Waals surface area contributed by atoms with E-state index in [1.165, 1.54) is 6.92 Å². The van der Waals surface area contributed by atoms with Crippen molar-refractivity contribution in [1.29, 1.82) is 0 Å². The molecule has 1 aromatic heterocycles. The van der Waals surface area contributed by atoms with Crippen LogP contribution >= 0.6 is 0 Å². The van der Waals surface area contributed by atoms with E-state index < -0.39 is 0 Å². The number of benzene rings is 1. The van der Waals surface area contributed by atoms with Crippen LogP contribution in [0.5, 0.6) is 0 Å². The van der Waals surface area contributed by atoms with Gasteiger partial charge >= 0.3 is 6.03 Å².